The molecule has 1 aromatic heterocycles. The molecule has 3 N–H and O–H groups in total. The van der Waals surface area contributed by atoms with Gasteiger partial charge in [-0.15, -0.1) is 0 Å². The quantitative estimate of drug-likeness (QED) is 0.356. The number of oxime groups is 1. The van der Waals surface area contributed by atoms with Gasteiger partial charge in [0.15, 0.2) is 0 Å². The molecular formula is C24H36N4O4S. The smallest absolute Gasteiger partial charge is 0.333 e. The number of likely N-dealkylation sites (tertiary alicyclic amines) is 1. The molecule has 0 unspecified atom stereocenters. The minimum absolute atomic E-state index is 0.200. The van der Waals surface area contributed by atoms with Gasteiger partial charge in [-0.1, -0.05) is 37.2 Å². The van der Waals surface area contributed by atoms with Gasteiger partial charge in [-0.25, -0.2) is 5.14 Å². The van der Waals surface area contributed by atoms with Gasteiger partial charge in [-0.2, -0.15) is 8.42 Å². The first-order valence-electron chi connectivity index (χ1n) is 12.0. The van der Waals surface area contributed by atoms with Gasteiger partial charge in [0.25, 0.3) is 0 Å². The van der Waals surface area contributed by atoms with E-state index in [9.17, 15) is 13.6 Å². The molecular weight excluding hydrogens is 440 g/mol. The molecule has 1 aliphatic heterocycles. The lowest BCUT2D eigenvalue weighted by Gasteiger charge is -2.42. The highest BCUT2D eigenvalue weighted by molar-refractivity contribution is 7.84. The molecule has 182 valence electrons. The lowest BCUT2D eigenvalue weighted by Crippen LogP contribution is -2.44. The molecule has 1 saturated carbocycles. The van der Waals surface area contributed by atoms with Crippen LogP contribution in [0.5, 0.6) is 0 Å². The van der Waals surface area contributed by atoms with Crippen molar-refractivity contribution in [2.24, 2.45) is 22.1 Å². The number of benzene rings is 1. The van der Waals surface area contributed by atoms with Crippen LogP contribution in [0.4, 0.5) is 0 Å². The predicted octanol–water partition coefficient (Wildman–Crippen LogP) is 4.02. The second kappa shape index (κ2) is 10.1. The molecule has 0 atom stereocenters. The molecule has 2 fully saturated rings. The Bertz CT molecular complexity index is 1080. The largest absolute Gasteiger partial charge is 0.411 e. The molecule has 1 saturated heterocycles. The van der Waals surface area contributed by atoms with Crippen LogP contribution in [-0.2, 0) is 21.1 Å². The highest BCUT2D eigenvalue weighted by Gasteiger charge is 2.32. The van der Waals surface area contributed by atoms with Crippen LogP contribution in [0.15, 0.2) is 29.4 Å². The summed E-state index contributed by atoms with van der Waals surface area (Å²) in [5, 5.41) is 18.5. The van der Waals surface area contributed by atoms with Crippen LogP contribution in [-0.4, -0.2) is 48.4 Å². The van der Waals surface area contributed by atoms with Crippen molar-refractivity contribution in [3.05, 3.63) is 35.5 Å². The van der Waals surface area contributed by atoms with Crippen LogP contribution in [0.2, 0.25) is 0 Å². The second-order valence-corrected chi connectivity index (χ2v) is 11.0. The van der Waals surface area contributed by atoms with Crippen LogP contribution in [0.1, 0.15) is 69.7 Å². The Morgan fingerprint density at radius 1 is 1.12 bits per heavy atom. The van der Waals surface area contributed by atoms with E-state index < -0.39 is 10.3 Å². The zero-order valence-electron chi connectivity index (χ0n) is 19.6. The van der Waals surface area contributed by atoms with Gasteiger partial charge in [0.2, 0.25) is 0 Å². The van der Waals surface area contributed by atoms with Crippen molar-refractivity contribution in [1.29, 1.82) is 0 Å². The molecule has 9 heteroatoms. The van der Waals surface area contributed by atoms with E-state index in [4.69, 9.17) is 9.32 Å². The van der Waals surface area contributed by atoms with Crippen LogP contribution < -0.4 is 5.14 Å². The second-order valence-electron chi connectivity index (χ2n) is 9.83. The Kier molecular flexibility index (Phi) is 7.43. The number of hydrogen-bond acceptors (Lipinski definition) is 6. The highest BCUT2D eigenvalue weighted by Crippen LogP contribution is 2.37. The first kappa shape index (κ1) is 24.2. The van der Waals surface area contributed by atoms with Crippen molar-refractivity contribution in [2.45, 2.75) is 71.1 Å². The molecule has 33 heavy (non-hydrogen) atoms. The third kappa shape index (κ3) is 5.42. The first-order valence-corrected chi connectivity index (χ1v) is 13.5. The fraction of sp³-hybridized carbons (Fsp3) is 0.625. The summed E-state index contributed by atoms with van der Waals surface area (Å²) in [6.45, 7) is 6.52. The normalized spacial score (nSPS) is 23.8. The Balaban J connectivity index is 1.56. The Morgan fingerprint density at radius 2 is 1.79 bits per heavy atom. The number of rotatable bonds is 7. The number of para-hydroxylation sites is 1. The molecule has 1 aliphatic carbocycles. The average molecular weight is 477 g/mol. The summed E-state index contributed by atoms with van der Waals surface area (Å²) >= 11 is 0. The number of nitrogens with two attached hydrogens (primary N) is 1. The Hall–Kier alpha value is -1.94. The molecule has 0 radical (unpaired) electrons. The number of nitrogens with zero attached hydrogens (tertiary/aromatic N) is 3. The summed E-state index contributed by atoms with van der Waals surface area (Å²) in [4.78, 5) is 2.65. The van der Waals surface area contributed by atoms with E-state index in [2.05, 4.69) is 28.5 Å². The molecule has 0 spiro atoms. The first-order chi connectivity index (χ1) is 15.8. The van der Waals surface area contributed by atoms with Crippen molar-refractivity contribution in [2.75, 3.05) is 13.1 Å². The van der Waals surface area contributed by atoms with Crippen LogP contribution in [0.25, 0.3) is 10.9 Å². The lowest BCUT2D eigenvalue weighted by atomic mass is 9.79. The summed E-state index contributed by atoms with van der Waals surface area (Å²) in [7, 11) is -4.10. The topological polar surface area (TPSA) is 110 Å². The summed E-state index contributed by atoms with van der Waals surface area (Å²) in [6, 6.07) is 8.73. The third-order valence-corrected chi connectivity index (χ3v) is 8.11. The molecule has 2 aromatic rings. The summed E-state index contributed by atoms with van der Waals surface area (Å²) in [5.41, 5.74) is 2.31. The Labute approximate surface area is 196 Å². The Morgan fingerprint density at radius 3 is 2.39 bits per heavy atom. The summed E-state index contributed by atoms with van der Waals surface area (Å²) < 4.78 is 30.2. The predicted molar refractivity (Wildman–Crippen MR) is 130 cm³/mol. The molecule has 1 aromatic carbocycles. The SMILES string of the molecule is CC(C)[C@H]1CC[C@@H](N2CCC(n3c(COS(N)(=O)=O)c(C=NO)c4ccccc43)CC2)CC1. The molecule has 2 aliphatic rings. The lowest BCUT2D eigenvalue weighted by molar-refractivity contribution is 0.0884. The fourth-order valence-electron chi connectivity index (χ4n) is 5.89. The zero-order chi connectivity index (χ0) is 23.6. The van der Waals surface area contributed by atoms with Crippen molar-refractivity contribution in [1.82, 2.24) is 9.47 Å². The van der Waals surface area contributed by atoms with Crippen molar-refractivity contribution < 1.29 is 17.8 Å². The maximum Gasteiger partial charge on any atom is 0.333 e. The average Bonchev–Trinajstić information content (AvgIpc) is 3.11. The number of hydrogen-bond donors (Lipinski definition) is 2. The third-order valence-electron chi connectivity index (χ3n) is 7.67. The van der Waals surface area contributed by atoms with Crippen LogP contribution in [0, 0.1) is 11.8 Å². The maximum atomic E-state index is 11.5. The van der Waals surface area contributed by atoms with E-state index in [0.29, 0.717) is 17.3 Å². The van der Waals surface area contributed by atoms with E-state index in [1.54, 1.807) is 0 Å². The van der Waals surface area contributed by atoms with Gasteiger partial charge < -0.3 is 14.7 Å². The molecule has 2 heterocycles. The van der Waals surface area contributed by atoms with Crippen molar-refractivity contribution in [3.8, 4) is 0 Å². The standard InChI is InChI=1S/C24H36N4O4S/c1-17(2)18-7-9-19(10-8-18)27-13-11-20(12-14-27)28-23-6-4-3-5-21(23)22(15-26-29)24(28)16-32-33(25,30)31/h3-6,15,17-20,29H,7-14,16H2,1-2H3,(H2,25,30,31)/t18-,19+. The minimum Gasteiger partial charge on any atom is -0.411 e. The number of piperidine rings is 1. The van der Waals surface area contributed by atoms with E-state index in [1.165, 1.54) is 31.9 Å². The van der Waals surface area contributed by atoms with E-state index in [1.807, 2.05) is 24.3 Å². The molecule has 8 nitrogen and oxygen atoms in total. The summed E-state index contributed by atoms with van der Waals surface area (Å²) in [5.74, 6) is 1.63. The zero-order valence-corrected chi connectivity index (χ0v) is 20.4. The van der Waals surface area contributed by atoms with Gasteiger partial charge in [0.05, 0.1) is 11.9 Å². The van der Waals surface area contributed by atoms with Crippen LogP contribution in [0.3, 0.4) is 0 Å². The molecule has 0 bridgehead atoms. The van der Waals surface area contributed by atoms with Gasteiger partial charge in [-0.05, 0) is 56.4 Å². The van der Waals surface area contributed by atoms with Crippen LogP contribution >= 0.6 is 0 Å². The summed E-state index contributed by atoms with van der Waals surface area (Å²) in [6.07, 6.45) is 8.51. The van der Waals surface area contributed by atoms with Crippen molar-refractivity contribution in [3.63, 3.8) is 0 Å². The van der Waals surface area contributed by atoms with Gasteiger partial charge >= 0.3 is 10.3 Å². The van der Waals surface area contributed by atoms with E-state index in [0.717, 1.165) is 48.7 Å². The minimum atomic E-state index is -4.10. The number of fused-ring (bicyclic) bond motifs is 1. The fourth-order valence-corrected chi connectivity index (χ4v) is 6.16. The van der Waals surface area contributed by atoms with Gasteiger partial charge in [0.1, 0.15) is 6.61 Å². The van der Waals surface area contributed by atoms with Crippen molar-refractivity contribution >= 4 is 27.4 Å². The highest BCUT2D eigenvalue weighted by atomic mass is 32.2. The molecule has 0 amide bonds. The van der Waals surface area contributed by atoms with E-state index in [-0.39, 0.29) is 12.6 Å². The maximum absolute atomic E-state index is 11.5. The monoisotopic (exact) mass is 476 g/mol. The van der Waals surface area contributed by atoms with Gasteiger partial charge in [0, 0.05) is 41.6 Å². The van der Waals surface area contributed by atoms with Gasteiger partial charge in [-0.3, -0.25) is 4.18 Å². The number of aromatic nitrogens is 1. The molecule has 4 rings (SSSR count). The van der Waals surface area contributed by atoms with E-state index >= 15 is 0 Å².